The summed E-state index contributed by atoms with van der Waals surface area (Å²) in [5, 5.41) is 9.93. The minimum absolute atomic E-state index is 0.167. The highest BCUT2D eigenvalue weighted by molar-refractivity contribution is 5.84. The van der Waals surface area contributed by atoms with Crippen LogP contribution in [-0.4, -0.2) is 31.1 Å². The average Bonchev–Trinajstić information content (AvgIpc) is 2.96. The first-order chi connectivity index (χ1) is 12.1. The molecule has 1 aliphatic heterocycles. The molecule has 0 radical (unpaired) electrons. The number of methoxy groups -OCH3 is 1. The van der Waals surface area contributed by atoms with Crippen LogP contribution in [0.15, 0.2) is 35.3 Å². The van der Waals surface area contributed by atoms with Crippen LogP contribution in [0.3, 0.4) is 0 Å². The summed E-state index contributed by atoms with van der Waals surface area (Å²) >= 11 is 0. The van der Waals surface area contributed by atoms with Crippen LogP contribution < -0.4 is 14.2 Å². The Morgan fingerprint density at radius 1 is 1.32 bits per heavy atom. The molecule has 0 spiro atoms. The maximum absolute atomic E-state index is 9.93. The lowest BCUT2D eigenvalue weighted by molar-refractivity contribution is 0.254. The van der Waals surface area contributed by atoms with Crippen molar-refractivity contribution in [3.8, 4) is 23.0 Å². The lowest BCUT2D eigenvalue weighted by Gasteiger charge is -2.11. The van der Waals surface area contributed by atoms with E-state index in [-0.39, 0.29) is 11.9 Å². The molecule has 132 valence electrons. The monoisotopic (exact) mass is 341 g/mol. The molecule has 1 N–H and O–H groups in total. The molecule has 5 nitrogen and oxygen atoms in total. The number of aromatic hydroxyl groups is 1. The molecule has 1 atom stereocenters. The highest BCUT2D eigenvalue weighted by Crippen LogP contribution is 2.35. The van der Waals surface area contributed by atoms with Gasteiger partial charge in [0.05, 0.1) is 20.3 Å². The molecule has 1 heterocycles. The fourth-order valence-corrected chi connectivity index (χ4v) is 2.90. The fraction of sp³-hybridized carbons (Fsp3) is 0.350. The minimum atomic E-state index is 0.167. The zero-order chi connectivity index (χ0) is 17.8. The molecule has 0 aliphatic carbocycles. The molecular formula is C20H23NO4. The Hall–Kier alpha value is -2.69. The third-order valence-corrected chi connectivity index (χ3v) is 4.11. The maximum atomic E-state index is 9.93. The number of hydrogen-bond acceptors (Lipinski definition) is 5. The van der Waals surface area contributed by atoms with E-state index in [9.17, 15) is 5.11 Å². The molecule has 2 aromatic rings. The average molecular weight is 341 g/mol. The van der Waals surface area contributed by atoms with Crippen molar-refractivity contribution in [2.24, 2.45) is 4.99 Å². The number of hydrogen-bond donors (Lipinski definition) is 1. The zero-order valence-corrected chi connectivity index (χ0v) is 14.8. The summed E-state index contributed by atoms with van der Waals surface area (Å²) in [6.45, 7) is 5.07. The van der Waals surface area contributed by atoms with Crippen LogP contribution in [0.4, 0.5) is 0 Å². The van der Waals surface area contributed by atoms with Crippen molar-refractivity contribution in [1.29, 1.82) is 0 Å². The molecule has 25 heavy (non-hydrogen) atoms. The van der Waals surface area contributed by atoms with Crippen molar-refractivity contribution in [3.05, 3.63) is 47.0 Å². The van der Waals surface area contributed by atoms with E-state index in [0.29, 0.717) is 24.5 Å². The summed E-state index contributed by atoms with van der Waals surface area (Å²) < 4.78 is 16.8. The second-order valence-electron chi connectivity index (χ2n) is 6.03. The Morgan fingerprint density at radius 3 is 2.92 bits per heavy atom. The summed E-state index contributed by atoms with van der Waals surface area (Å²) in [7, 11) is 1.59. The normalized spacial score (nSPS) is 15.9. The van der Waals surface area contributed by atoms with Crippen LogP contribution in [0.1, 0.15) is 30.5 Å². The van der Waals surface area contributed by atoms with E-state index >= 15 is 0 Å². The first kappa shape index (κ1) is 17.1. The van der Waals surface area contributed by atoms with Gasteiger partial charge in [0.15, 0.2) is 0 Å². The van der Waals surface area contributed by atoms with Gasteiger partial charge in [-0.15, -0.1) is 0 Å². The van der Waals surface area contributed by atoms with Gasteiger partial charge in [0.25, 0.3) is 0 Å². The Balaban J connectivity index is 1.82. The Labute approximate surface area is 147 Å². The molecule has 0 saturated heterocycles. The summed E-state index contributed by atoms with van der Waals surface area (Å²) in [5.74, 6) is 2.59. The van der Waals surface area contributed by atoms with E-state index < -0.39 is 0 Å². The van der Waals surface area contributed by atoms with Gasteiger partial charge < -0.3 is 19.3 Å². The van der Waals surface area contributed by atoms with Crippen LogP contribution in [-0.2, 0) is 13.0 Å². The lowest BCUT2D eigenvalue weighted by atomic mass is 10.1. The Bertz CT molecular complexity index is 786. The number of ether oxygens (including phenoxy) is 3. The van der Waals surface area contributed by atoms with E-state index in [1.165, 1.54) is 5.56 Å². The van der Waals surface area contributed by atoms with E-state index in [1.54, 1.807) is 31.5 Å². The number of phenolic OH excluding ortho intramolecular Hbond substituents is 1. The maximum Gasteiger partial charge on any atom is 0.124 e. The van der Waals surface area contributed by atoms with E-state index in [4.69, 9.17) is 14.2 Å². The predicted octanol–water partition coefficient (Wildman–Crippen LogP) is 3.74. The summed E-state index contributed by atoms with van der Waals surface area (Å²) in [4.78, 5) is 4.46. The number of benzene rings is 2. The van der Waals surface area contributed by atoms with E-state index in [0.717, 1.165) is 23.5 Å². The molecular weight excluding hydrogens is 318 g/mol. The van der Waals surface area contributed by atoms with Gasteiger partial charge in [-0.2, -0.15) is 0 Å². The van der Waals surface area contributed by atoms with Gasteiger partial charge in [-0.05, 0) is 44.2 Å². The van der Waals surface area contributed by atoms with Crippen LogP contribution >= 0.6 is 0 Å². The first-order valence-electron chi connectivity index (χ1n) is 8.42. The van der Waals surface area contributed by atoms with Gasteiger partial charge >= 0.3 is 0 Å². The van der Waals surface area contributed by atoms with Gasteiger partial charge in [0.1, 0.15) is 29.1 Å². The molecule has 0 bridgehead atoms. The van der Waals surface area contributed by atoms with Crippen LogP contribution in [0.2, 0.25) is 0 Å². The quantitative estimate of drug-likeness (QED) is 0.813. The smallest absolute Gasteiger partial charge is 0.124 e. The van der Waals surface area contributed by atoms with Crippen molar-refractivity contribution < 1.29 is 19.3 Å². The third-order valence-electron chi connectivity index (χ3n) is 4.11. The minimum Gasteiger partial charge on any atom is -0.507 e. The van der Waals surface area contributed by atoms with Crippen molar-refractivity contribution in [1.82, 2.24) is 0 Å². The fourth-order valence-electron chi connectivity index (χ4n) is 2.90. The summed E-state index contributed by atoms with van der Waals surface area (Å²) in [6, 6.07) is 9.11. The van der Waals surface area contributed by atoms with Crippen LogP contribution in [0, 0.1) is 0 Å². The second kappa shape index (κ2) is 7.47. The Kier molecular flexibility index (Phi) is 5.12. The number of fused-ring (bicyclic) bond motifs is 1. The predicted molar refractivity (Wildman–Crippen MR) is 97.4 cm³/mol. The molecule has 0 fully saturated rings. The highest BCUT2D eigenvalue weighted by atomic mass is 16.5. The van der Waals surface area contributed by atoms with Gasteiger partial charge in [-0.1, -0.05) is 0 Å². The van der Waals surface area contributed by atoms with Crippen LogP contribution in [0.5, 0.6) is 23.0 Å². The largest absolute Gasteiger partial charge is 0.507 e. The SMILES string of the molecule is CCOc1cc2c(cc1CN=Cc1cc(OC)ccc1O)O[C@@H](C)C2. The molecule has 5 heteroatoms. The number of phenols is 1. The van der Waals surface area contributed by atoms with Crippen molar-refractivity contribution >= 4 is 6.21 Å². The highest BCUT2D eigenvalue weighted by Gasteiger charge is 2.21. The van der Waals surface area contributed by atoms with Gasteiger partial charge in [-0.25, -0.2) is 0 Å². The molecule has 3 rings (SSSR count). The lowest BCUT2D eigenvalue weighted by Crippen LogP contribution is -2.05. The molecule has 0 amide bonds. The zero-order valence-electron chi connectivity index (χ0n) is 14.8. The van der Waals surface area contributed by atoms with Crippen molar-refractivity contribution in [3.63, 3.8) is 0 Å². The van der Waals surface area contributed by atoms with Crippen molar-refractivity contribution in [2.75, 3.05) is 13.7 Å². The topological polar surface area (TPSA) is 60.3 Å². The van der Waals surface area contributed by atoms with E-state index in [2.05, 4.69) is 18.0 Å². The molecule has 1 aliphatic rings. The van der Waals surface area contributed by atoms with Crippen molar-refractivity contribution in [2.45, 2.75) is 32.9 Å². The first-order valence-corrected chi connectivity index (χ1v) is 8.42. The molecule has 2 aromatic carbocycles. The number of aliphatic imine (C=N–C) groups is 1. The summed E-state index contributed by atoms with van der Waals surface area (Å²) in [5.41, 5.74) is 2.76. The molecule has 0 aromatic heterocycles. The standard InChI is InChI=1S/C20H23NO4/c1-4-24-19-9-14-7-13(2)25-20(14)10-16(19)12-21-11-15-8-17(23-3)5-6-18(15)22/h5-6,8-11,13,22H,4,7,12H2,1-3H3/t13-/m0/s1. The van der Waals surface area contributed by atoms with Gasteiger partial charge in [0.2, 0.25) is 0 Å². The molecule has 0 unspecified atom stereocenters. The second-order valence-corrected chi connectivity index (χ2v) is 6.03. The van der Waals surface area contributed by atoms with Gasteiger partial charge in [0, 0.05) is 29.3 Å². The Morgan fingerprint density at radius 2 is 2.16 bits per heavy atom. The number of rotatable bonds is 6. The summed E-state index contributed by atoms with van der Waals surface area (Å²) in [6.07, 6.45) is 2.73. The molecule has 0 saturated carbocycles. The van der Waals surface area contributed by atoms with Crippen LogP contribution in [0.25, 0.3) is 0 Å². The third kappa shape index (κ3) is 3.87. The van der Waals surface area contributed by atoms with E-state index in [1.807, 2.05) is 13.0 Å². The number of nitrogens with zero attached hydrogens (tertiary/aromatic N) is 1. The van der Waals surface area contributed by atoms with Gasteiger partial charge in [-0.3, -0.25) is 4.99 Å².